The van der Waals surface area contributed by atoms with Gasteiger partial charge in [-0.1, -0.05) is 13.3 Å². The molecule has 24 heavy (non-hydrogen) atoms. The third kappa shape index (κ3) is 3.23. The van der Waals surface area contributed by atoms with Gasteiger partial charge in [-0.25, -0.2) is 0 Å². The molecule has 1 aliphatic carbocycles. The second kappa shape index (κ2) is 6.17. The maximum absolute atomic E-state index is 13.2. The number of aromatic nitrogens is 2. The maximum Gasteiger partial charge on any atom is 0.272 e. The van der Waals surface area contributed by atoms with E-state index in [0.29, 0.717) is 17.9 Å². The minimum absolute atomic E-state index is 0.145. The van der Waals surface area contributed by atoms with Crippen LogP contribution in [-0.4, -0.2) is 58.7 Å². The van der Waals surface area contributed by atoms with Gasteiger partial charge in [0.25, 0.3) is 5.91 Å². The first-order chi connectivity index (χ1) is 11.2. The molecular weight excluding hydrogens is 300 g/mol. The van der Waals surface area contributed by atoms with Crippen molar-refractivity contribution in [2.24, 2.45) is 5.92 Å². The van der Waals surface area contributed by atoms with Crippen molar-refractivity contribution in [2.45, 2.75) is 64.5 Å². The van der Waals surface area contributed by atoms with Gasteiger partial charge in [0.05, 0.1) is 11.2 Å². The minimum atomic E-state index is -0.178. The number of carbonyl (C=O) groups is 1. The van der Waals surface area contributed by atoms with Gasteiger partial charge >= 0.3 is 0 Å². The number of rotatable bonds is 4. The maximum atomic E-state index is 13.2. The van der Waals surface area contributed by atoms with E-state index >= 15 is 0 Å². The van der Waals surface area contributed by atoms with Crippen LogP contribution in [0.15, 0.2) is 6.07 Å². The summed E-state index contributed by atoms with van der Waals surface area (Å²) in [6.07, 6.45) is 3.52. The Bertz CT molecular complexity index is 609. The summed E-state index contributed by atoms with van der Waals surface area (Å²) < 4.78 is 1.95. The average molecular weight is 332 g/mol. The van der Waals surface area contributed by atoms with E-state index in [9.17, 15) is 4.79 Å². The molecule has 0 N–H and O–H groups in total. The number of carbonyl (C=O) groups excluding carboxylic acids is 1. The highest BCUT2D eigenvalue weighted by Gasteiger charge is 2.38. The molecule has 0 aromatic carbocycles. The van der Waals surface area contributed by atoms with E-state index in [0.717, 1.165) is 30.9 Å². The number of likely N-dealkylation sites (N-methyl/N-ethyl adjacent to an activating group) is 1. The molecule has 0 bridgehead atoms. The molecule has 1 aromatic rings. The molecule has 2 fully saturated rings. The summed E-state index contributed by atoms with van der Waals surface area (Å²) in [6, 6.07) is 2.50. The molecule has 1 saturated heterocycles. The predicted octanol–water partition coefficient (Wildman–Crippen LogP) is 2.93. The van der Waals surface area contributed by atoms with Crippen molar-refractivity contribution in [3.63, 3.8) is 0 Å². The third-order valence-corrected chi connectivity index (χ3v) is 5.46. The van der Waals surface area contributed by atoms with Gasteiger partial charge in [-0.3, -0.25) is 9.48 Å². The molecule has 2 atom stereocenters. The van der Waals surface area contributed by atoms with Crippen LogP contribution in [0.3, 0.4) is 0 Å². The number of likely N-dealkylation sites (tertiary alicyclic amines) is 1. The Kier molecular flexibility index (Phi) is 4.49. The largest absolute Gasteiger partial charge is 0.335 e. The van der Waals surface area contributed by atoms with Crippen molar-refractivity contribution in [3.05, 3.63) is 17.5 Å². The van der Waals surface area contributed by atoms with Gasteiger partial charge in [0, 0.05) is 25.0 Å². The Morgan fingerprint density at radius 3 is 2.42 bits per heavy atom. The van der Waals surface area contributed by atoms with E-state index in [1.807, 2.05) is 9.58 Å². The van der Waals surface area contributed by atoms with Gasteiger partial charge in [0.2, 0.25) is 0 Å². The Balaban J connectivity index is 1.87. The van der Waals surface area contributed by atoms with Crippen LogP contribution < -0.4 is 0 Å². The Morgan fingerprint density at radius 1 is 1.29 bits per heavy atom. The zero-order chi connectivity index (χ0) is 17.6. The Hall–Kier alpha value is -1.36. The van der Waals surface area contributed by atoms with Gasteiger partial charge in [-0.05, 0) is 59.7 Å². The van der Waals surface area contributed by atoms with Gasteiger partial charge in [-0.2, -0.15) is 5.10 Å². The molecular formula is C19H32N4O. The molecule has 3 rings (SSSR count). The van der Waals surface area contributed by atoms with Crippen LogP contribution in [0.4, 0.5) is 0 Å². The minimum Gasteiger partial charge on any atom is -0.335 e. The standard InChI is InChI=1S/C19H32N4O/c1-7-13-11-22(12-17(13)21(5)6)18(24)16-10-15(14-8-9-14)20-23(16)19(2,3)4/h10,13-14,17H,7-9,11-12H2,1-6H3/t13-,17+/m1/s1. The number of nitrogens with zero attached hydrogens (tertiary/aromatic N) is 4. The highest BCUT2D eigenvalue weighted by atomic mass is 16.2. The summed E-state index contributed by atoms with van der Waals surface area (Å²) in [4.78, 5) is 17.5. The first kappa shape index (κ1) is 17.5. The van der Waals surface area contributed by atoms with Crippen molar-refractivity contribution in [3.8, 4) is 0 Å². The predicted molar refractivity (Wildman–Crippen MR) is 96.4 cm³/mol. The van der Waals surface area contributed by atoms with E-state index in [1.165, 1.54) is 12.8 Å². The fourth-order valence-corrected chi connectivity index (χ4v) is 3.81. The fraction of sp³-hybridized carbons (Fsp3) is 0.789. The molecule has 0 radical (unpaired) electrons. The topological polar surface area (TPSA) is 41.4 Å². The quantitative estimate of drug-likeness (QED) is 0.851. The van der Waals surface area contributed by atoms with Crippen molar-refractivity contribution >= 4 is 5.91 Å². The van der Waals surface area contributed by atoms with Crippen molar-refractivity contribution in [1.82, 2.24) is 19.6 Å². The smallest absolute Gasteiger partial charge is 0.272 e. The second-order valence-electron chi connectivity index (χ2n) is 8.72. The normalized spacial score (nSPS) is 24.9. The number of hydrogen-bond acceptors (Lipinski definition) is 3. The lowest BCUT2D eigenvalue weighted by Crippen LogP contribution is -2.37. The molecule has 1 amide bonds. The monoisotopic (exact) mass is 332 g/mol. The first-order valence-corrected chi connectivity index (χ1v) is 9.28. The van der Waals surface area contributed by atoms with Crippen molar-refractivity contribution in [1.29, 1.82) is 0 Å². The summed E-state index contributed by atoms with van der Waals surface area (Å²) in [5.74, 6) is 1.27. The number of hydrogen-bond donors (Lipinski definition) is 0. The van der Waals surface area contributed by atoms with Crippen LogP contribution in [0.25, 0.3) is 0 Å². The third-order valence-electron chi connectivity index (χ3n) is 5.46. The molecule has 1 aromatic heterocycles. The van der Waals surface area contributed by atoms with Gasteiger partial charge in [0.15, 0.2) is 0 Å². The molecule has 2 aliphatic rings. The van der Waals surface area contributed by atoms with E-state index in [-0.39, 0.29) is 11.4 Å². The van der Waals surface area contributed by atoms with E-state index in [1.54, 1.807) is 0 Å². The van der Waals surface area contributed by atoms with Crippen molar-refractivity contribution in [2.75, 3.05) is 27.2 Å². The van der Waals surface area contributed by atoms with E-state index in [2.05, 4.69) is 52.8 Å². The van der Waals surface area contributed by atoms with Gasteiger partial charge < -0.3 is 9.80 Å². The molecule has 1 aliphatic heterocycles. The van der Waals surface area contributed by atoms with Crippen LogP contribution in [-0.2, 0) is 5.54 Å². The van der Waals surface area contributed by atoms with Crippen LogP contribution >= 0.6 is 0 Å². The highest BCUT2D eigenvalue weighted by molar-refractivity contribution is 5.93. The van der Waals surface area contributed by atoms with Crippen LogP contribution in [0.5, 0.6) is 0 Å². The second-order valence-corrected chi connectivity index (χ2v) is 8.72. The van der Waals surface area contributed by atoms with E-state index in [4.69, 9.17) is 5.10 Å². The van der Waals surface area contributed by atoms with Crippen molar-refractivity contribution < 1.29 is 4.79 Å². The van der Waals surface area contributed by atoms with Gasteiger partial charge in [0.1, 0.15) is 5.69 Å². The molecule has 2 heterocycles. The Morgan fingerprint density at radius 2 is 1.96 bits per heavy atom. The zero-order valence-electron chi connectivity index (χ0n) is 16.0. The first-order valence-electron chi connectivity index (χ1n) is 9.28. The molecule has 134 valence electrons. The van der Waals surface area contributed by atoms with Crippen LogP contribution in [0.1, 0.15) is 69.1 Å². The van der Waals surface area contributed by atoms with Crippen LogP contribution in [0.2, 0.25) is 0 Å². The fourth-order valence-electron chi connectivity index (χ4n) is 3.81. The summed E-state index contributed by atoms with van der Waals surface area (Å²) in [5, 5.41) is 4.79. The molecule has 5 nitrogen and oxygen atoms in total. The zero-order valence-corrected chi connectivity index (χ0v) is 16.0. The van der Waals surface area contributed by atoms with E-state index < -0.39 is 0 Å². The molecule has 5 heteroatoms. The summed E-state index contributed by atoms with van der Waals surface area (Å²) >= 11 is 0. The SMILES string of the molecule is CC[C@@H]1CN(C(=O)c2cc(C3CC3)nn2C(C)(C)C)C[C@@H]1N(C)C. The highest BCUT2D eigenvalue weighted by Crippen LogP contribution is 2.40. The average Bonchev–Trinajstić information content (AvgIpc) is 3.10. The summed E-state index contributed by atoms with van der Waals surface area (Å²) in [7, 11) is 4.23. The Labute approximate surface area is 146 Å². The van der Waals surface area contributed by atoms with Gasteiger partial charge in [-0.15, -0.1) is 0 Å². The number of amides is 1. The molecule has 1 saturated carbocycles. The molecule has 0 spiro atoms. The summed E-state index contributed by atoms with van der Waals surface area (Å²) in [5.41, 5.74) is 1.69. The van der Waals surface area contributed by atoms with Crippen LogP contribution in [0, 0.1) is 5.92 Å². The summed E-state index contributed by atoms with van der Waals surface area (Å²) in [6.45, 7) is 10.3. The lowest BCUT2D eigenvalue weighted by Gasteiger charge is -2.25. The lowest BCUT2D eigenvalue weighted by atomic mass is 10.0. The molecule has 0 unspecified atom stereocenters. The lowest BCUT2D eigenvalue weighted by molar-refractivity contribution is 0.0760.